The number of hydrogen-bond donors (Lipinski definition) is 0. The summed E-state index contributed by atoms with van der Waals surface area (Å²) in [6, 6.07) is 17.5. The molecule has 0 aliphatic carbocycles. The van der Waals surface area contributed by atoms with Crippen LogP contribution in [0.3, 0.4) is 0 Å². The van der Waals surface area contributed by atoms with Gasteiger partial charge in [-0.3, -0.25) is 4.79 Å². The summed E-state index contributed by atoms with van der Waals surface area (Å²) in [6.45, 7) is 1.71. The highest BCUT2D eigenvalue weighted by Gasteiger charge is 2.21. The van der Waals surface area contributed by atoms with E-state index >= 15 is 0 Å². The molecule has 0 fully saturated rings. The van der Waals surface area contributed by atoms with Crippen molar-refractivity contribution in [1.29, 1.82) is 0 Å². The Morgan fingerprint density at radius 1 is 0.933 bits per heavy atom. The number of carbonyl (C=O) groups excluding carboxylic acids is 1. The first kappa shape index (κ1) is 21.6. The van der Waals surface area contributed by atoms with Gasteiger partial charge in [-0.1, -0.05) is 36.4 Å². The van der Waals surface area contributed by atoms with Gasteiger partial charge in [0.05, 0.1) is 16.7 Å². The molecule has 0 aromatic heterocycles. The van der Waals surface area contributed by atoms with E-state index < -0.39 is 27.5 Å². The van der Waals surface area contributed by atoms with Crippen molar-refractivity contribution in [2.24, 2.45) is 0 Å². The standard InChI is InChI=1S/C23H21F2NO3S/c1-16(19-12-13-21(24)22(25)14-19)26(2)23(27)18-10-8-17(9-11-18)15-30(28,29)20-6-4-3-5-7-20/h3-14,16H,15H2,1-2H3/t16-/m1/s1. The Balaban J connectivity index is 1.73. The Kier molecular flexibility index (Phi) is 6.31. The maximum absolute atomic E-state index is 13.5. The Morgan fingerprint density at radius 3 is 2.17 bits per heavy atom. The van der Waals surface area contributed by atoms with Gasteiger partial charge in [0.15, 0.2) is 21.5 Å². The maximum atomic E-state index is 13.5. The molecule has 0 N–H and O–H groups in total. The van der Waals surface area contributed by atoms with Gasteiger partial charge in [0.2, 0.25) is 0 Å². The second-order valence-electron chi connectivity index (χ2n) is 7.03. The van der Waals surface area contributed by atoms with E-state index in [9.17, 15) is 22.0 Å². The summed E-state index contributed by atoms with van der Waals surface area (Å²) in [5, 5.41) is 0. The molecule has 0 saturated carbocycles. The van der Waals surface area contributed by atoms with Crippen LogP contribution in [0, 0.1) is 11.6 Å². The fraction of sp³-hybridized carbons (Fsp3) is 0.174. The molecule has 3 aromatic carbocycles. The maximum Gasteiger partial charge on any atom is 0.254 e. The fourth-order valence-electron chi connectivity index (χ4n) is 3.05. The highest BCUT2D eigenvalue weighted by atomic mass is 32.2. The van der Waals surface area contributed by atoms with Crippen molar-refractivity contribution in [2.45, 2.75) is 23.6 Å². The molecule has 0 saturated heterocycles. The average Bonchev–Trinajstić information content (AvgIpc) is 2.75. The summed E-state index contributed by atoms with van der Waals surface area (Å²) in [7, 11) is -1.91. The molecule has 0 radical (unpaired) electrons. The molecule has 0 bridgehead atoms. The minimum atomic E-state index is -3.48. The molecule has 7 heteroatoms. The number of amides is 1. The van der Waals surface area contributed by atoms with Crippen LogP contribution < -0.4 is 0 Å². The highest BCUT2D eigenvalue weighted by Crippen LogP contribution is 2.23. The van der Waals surface area contributed by atoms with Crippen LogP contribution in [-0.4, -0.2) is 26.3 Å². The van der Waals surface area contributed by atoms with E-state index in [1.807, 2.05) is 0 Å². The van der Waals surface area contributed by atoms with Gasteiger partial charge in [0.25, 0.3) is 5.91 Å². The first-order valence-corrected chi connectivity index (χ1v) is 10.9. The van der Waals surface area contributed by atoms with Crippen LogP contribution in [0.5, 0.6) is 0 Å². The van der Waals surface area contributed by atoms with Crippen LogP contribution in [0.2, 0.25) is 0 Å². The minimum absolute atomic E-state index is 0.174. The molecule has 1 atom stereocenters. The van der Waals surface area contributed by atoms with E-state index in [1.165, 1.54) is 11.0 Å². The number of rotatable bonds is 6. The van der Waals surface area contributed by atoms with Crippen molar-refractivity contribution >= 4 is 15.7 Å². The van der Waals surface area contributed by atoms with E-state index in [-0.39, 0.29) is 16.6 Å². The third-order valence-corrected chi connectivity index (χ3v) is 6.69. The van der Waals surface area contributed by atoms with Crippen molar-refractivity contribution in [2.75, 3.05) is 7.05 Å². The molecule has 30 heavy (non-hydrogen) atoms. The van der Waals surface area contributed by atoms with Gasteiger partial charge in [-0.05, 0) is 54.4 Å². The Bertz CT molecular complexity index is 1150. The number of sulfone groups is 1. The van der Waals surface area contributed by atoms with Crippen LogP contribution in [0.15, 0.2) is 77.7 Å². The summed E-state index contributed by atoms with van der Waals surface area (Å²) in [5.74, 6) is -2.40. The van der Waals surface area contributed by atoms with Gasteiger partial charge in [0, 0.05) is 12.6 Å². The molecule has 0 aliphatic heterocycles. The SMILES string of the molecule is C[C@H](c1ccc(F)c(F)c1)N(C)C(=O)c1ccc(CS(=O)(=O)c2ccccc2)cc1. The van der Waals surface area contributed by atoms with E-state index in [4.69, 9.17) is 0 Å². The van der Waals surface area contributed by atoms with E-state index in [0.717, 1.165) is 12.1 Å². The minimum Gasteiger partial charge on any atom is -0.335 e. The van der Waals surface area contributed by atoms with Crippen molar-refractivity contribution in [3.05, 3.63) is 101 Å². The summed E-state index contributed by atoms with van der Waals surface area (Å²) < 4.78 is 51.6. The van der Waals surface area contributed by atoms with Crippen molar-refractivity contribution in [3.63, 3.8) is 0 Å². The number of benzene rings is 3. The summed E-state index contributed by atoms with van der Waals surface area (Å²) >= 11 is 0. The molecule has 0 aliphatic rings. The van der Waals surface area contributed by atoms with Crippen molar-refractivity contribution < 1.29 is 22.0 Å². The normalized spacial score (nSPS) is 12.4. The van der Waals surface area contributed by atoms with Crippen molar-refractivity contribution in [1.82, 2.24) is 4.90 Å². The molecule has 1 amide bonds. The predicted octanol–water partition coefficient (Wildman–Crippen LogP) is 4.77. The lowest BCUT2D eigenvalue weighted by Crippen LogP contribution is -2.29. The van der Waals surface area contributed by atoms with Gasteiger partial charge >= 0.3 is 0 Å². The lowest BCUT2D eigenvalue weighted by Gasteiger charge is -2.25. The molecule has 0 spiro atoms. The first-order chi connectivity index (χ1) is 14.2. The predicted molar refractivity (Wildman–Crippen MR) is 111 cm³/mol. The third-order valence-electron chi connectivity index (χ3n) is 4.99. The lowest BCUT2D eigenvalue weighted by atomic mass is 10.1. The second kappa shape index (κ2) is 8.75. The summed E-state index contributed by atoms with van der Waals surface area (Å²) in [4.78, 5) is 14.4. The van der Waals surface area contributed by atoms with E-state index in [2.05, 4.69) is 0 Å². The lowest BCUT2D eigenvalue weighted by molar-refractivity contribution is 0.0742. The van der Waals surface area contributed by atoms with Crippen LogP contribution >= 0.6 is 0 Å². The smallest absolute Gasteiger partial charge is 0.254 e. The molecule has 4 nitrogen and oxygen atoms in total. The van der Waals surface area contributed by atoms with Gasteiger partial charge in [-0.15, -0.1) is 0 Å². The zero-order chi connectivity index (χ0) is 21.9. The molecule has 156 valence electrons. The van der Waals surface area contributed by atoms with Gasteiger partial charge in [-0.25, -0.2) is 17.2 Å². The van der Waals surface area contributed by atoms with Gasteiger partial charge in [-0.2, -0.15) is 0 Å². The Labute approximate surface area is 174 Å². The van der Waals surface area contributed by atoms with Crippen LogP contribution in [0.25, 0.3) is 0 Å². The molecule has 3 aromatic rings. The molecule has 3 rings (SSSR count). The zero-order valence-electron chi connectivity index (χ0n) is 16.5. The number of hydrogen-bond acceptors (Lipinski definition) is 3. The number of carbonyl (C=O) groups is 1. The average molecular weight is 429 g/mol. The quantitative estimate of drug-likeness (QED) is 0.567. The van der Waals surface area contributed by atoms with Crippen molar-refractivity contribution in [3.8, 4) is 0 Å². The Morgan fingerprint density at radius 2 is 1.57 bits per heavy atom. The topological polar surface area (TPSA) is 54.5 Å². The zero-order valence-corrected chi connectivity index (χ0v) is 17.4. The fourth-order valence-corrected chi connectivity index (χ4v) is 4.42. The second-order valence-corrected chi connectivity index (χ2v) is 9.02. The van der Waals surface area contributed by atoms with E-state index in [1.54, 1.807) is 68.6 Å². The number of nitrogens with zero attached hydrogens (tertiary/aromatic N) is 1. The number of halogens is 2. The Hall–Kier alpha value is -3.06. The molecule has 0 heterocycles. The van der Waals surface area contributed by atoms with Crippen LogP contribution in [0.1, 0.15) is 34.5 Å². The molecular weight excluding hydrogens is 408 g/mol. The van der Waals surface area contributed by atoms with E-state index in [0.29, 0.717) is 16.7 Å². The van der Waals surface area contributed by atoms with Gasteiger partial charge < -0.3 is 4.90 Å². The largest absolute Gasteiger partial charge is 0.335 e. The summed E-state index contributed by atoms with van der Waals surface area (Å²) in [5.41, 5.74) is 1.40. The molecular formula is C23H21F2NO3S. The monoisotopic (exact) mass is 429 g/mol. The molecule has 0 unspecified atom stereocenters. The van der Waals surface area contributed by atoms with Crippen LogP contribution in [0.4, 0.5) is 8.78 Å². The van der Waals surface area contributed by atoms with Gasteiger partial charge in [0.1, 0.15) is 0 Å². The summed E-state index contributed by atoms with van der Waals surface area (Å²) in [6.07, 6.45) is 0. The van der Waals surface area contributed by atoms with Crippen LogP contribution in [-0.2, 0) is 15.6 Å². The highest BCUT2D eigenvalue weighted by molar-refractivity contribution is 7.90. The third kappa shape index (κ3) is 4.74. The first-order valence-electron chi connectivity index (χ1n) is 9.28.